The average Bonchev–Trinajstić information content (AvgIpc) is 2.38. The molecule has 94 valence electrons. The Balaban J connectivity index is 1.81. The van der Waals surface area contributed by atoms with Gasteiger partial charge < -0.3 is 10.4 Å². The highest BCUT2D eigenvalue weighted by Crippen LogP contribution is 2.24. The number of hydrogen-bond acceptors (Lipinski definition) is 2. The normalized spacial score (nSPS) is 26.7. The van der Waals surface area contributed by atoms with Crippen LogP contribution in [0.15, 0.2) is 30.3 Å². The molecule has 2 heteroatoms. The van der Waals surface area contributed by atoms with Gasteiger partial charge in [0.15, 0.2) is 0 Å². The first-order valence-corrected chi connectivity index (χ1v) is 6.74. The summed E-state index contributed by atoms with van der Waals surface area (Å²) in [4.78, 5) is 0. The van der Waals surface area contributed by atoms with Crippen LogP contribution >= 0.6 is 0 Å². The van der Waals surface area contributed by atoms with E-state index in [4.69, 9.17) is 0 Å². The Hall–Kier alpha value is -0.860. The second kappa shape index (κ2) is 6.18. The molecule has 0 spiro atoms. The predicted molar refractivity (Wildman–Crippen MR) is 70.8 cm³/mol. The van der Waals surface area contributed by atoms with Crippen LogP contribution in [-0.4, -0.2) is 17.7 Å². The van der Waals surface area contributed by atoms with Crippen LogP contribution in [0, 0.1) is 5.92 Å². The molecule has 2 N–H and O–H groups in total. The third-order valence-corrected chi connectivity index (χ3v) is 3.87. The smallest absolute Gasteiger partial charge is 0.0914 e. The Morgan fingerprint density at radius 1 is 1.24 bits per heavy atom. The largest absolute Gasteiger partial charge is 0.387 e. The molecule has 0 heterocycles. The highest BCUT2D eigenvalue weighted by Gasteiger charge is 2.21. The minimum absolute atomic E-state index is 0.384. The first kappa shape index (κ1) is 12.6. The lowest BCUT2D eigenvalue weighted by Crippen LogP contribution is -2.39. The van der Waals surface area contributed by atoms with E-state index in [-0.39, 0.29) is 6.10 Å². The van der Waals surface area contributed by atoms with Crippen LogP contribution < -0.4 is 5.32 Å². The lowest BCUT2D eigenvalue weighted by Gasteiger charge is -2.30. The molecule has 0 aliphatic heterocycles. The summed E-state index contributed by atoms with van der Waals surface area (Å²) in [5, 5.41) is 13.6. The van der Waals surface area contributed by atoms with Crippen LogP contribution in [0.2, 0.25) is 0 Å². The fourth-order valence-corrected chi connectivity index (χ4v) is 2.68. The second-order valence-electron chi connectivity index (χ2n) is 5.20. The zero-order valence-electron chi connectivity index (χ0n) is 10.6. The maximum Gasteiger partial charge on any atom is 0.0914 e. The molecule has 1 aliphatic carbocycles. The monoisotopic (exact) mass is 233 g/mol. The molecule has 1 aromatic rings. The standard InChI is InChI=1S/C15H23NO/c1-12-7-5-6-10-14(12)16-11-15(17)13-8-3-2-4-9-13/h2-4,8-9,12,14-17H,5-7,10-11H2,1H3/t12-,14+,15+/m0/s1. The highest BCUT2D eigenvalue weighted by molar-refractivity contribution is 5.17. The quantitative estimate of drug-likeness (QED) is 0.838. The zero-order valence-corrected chi connectivity index (χ0v) is 10.6. The van der Waals surface area contributed by atoms with E-state index in [2.05, 4.69) is 12.2 Å². The van der Waals surface area contributed by atoms with Gasteiger partial charge in [-0.25, -0.2) is 0 Å². The molecular formula is C15H23NO. The van der Waals surface area contributed by atoms with E-state index in [0.717, 1.165) is 11.5 Å². The SMILES string of the molecule is C[C@H]1CCCC[C@H]1NC[C@@H](O)c1ccccc1. The zero-order chi connectivity index (χ0) is 12.1. The van der Waals surface area contributed by atoms with Crippen molar-refractivity contribution in [3.63, 3.8) is 0 Å². The Morgan fingerprint density at radius 2 is 1.94 bits per heavy atom. The van der Waals surface area contributed by atoms with Crippen molar-refractivity contribution >= 4 is 0 Å². The molecular weight excluding hydrogens is 210 g/mol. The van der Waals surface area contributed by atoms with Gasteiger partial charge in [-0.1, -0.05) is 50.1 Å². The summed E-state index contributed by atoms with van der Waals surface area (Å²) < 4.78 is 0. The van der Waals surface area contributed by atoms with E-state index in [0.29, 0.717) is 12.6 Å². The molecule has 0 amide bonds. The van der Waals surface area contributed by atoms with Crippen LogP contribution in [0.4, 0.5) is 0 Å². The number of aliphatic hydroxyl groups is 1. The van der Waals surface area contributed by atoms with Crippen molar-refractivity contribution in [2.75, 3.05) is 6.54 Å². The van der Waals surface area contributed by atoms with Crippen LogP contribution in [0.5, 0.6) is 0 Å². The van der Waals surface area contributed by atoms with E-state index in [1.54, 1.807) is 0 Å². The minimum Gasteiger partial charge on any atom is -0.387 e. The Morgan fingerprint density at radius 3 is 2.65 bits per heavy atom. The van der Waals surface area contributed by atoms with Gasteiger partial charge in [-0.3, -0.25) is 0 Å². The molecule has 0 saturated heterocycles. The lowest BCUT2D eigenvalue weighted by molar-refractivity contribution is 0.157. The van der Waals surface area contributed by atoms with Gasteiger partial charge >= 0.3 is 0 Å². The molecule has 1 aromatic carbocycles. The summed E-state index contributed by atoms with van der Waals surface area (Å²) in [5.74, 6) is 0.742. The Labute approximate surface area is 104 Å². The average molecular weight is 233 g/mol. The molecule has 1 fully saturated rings. The van der Waals surface area contributed by atoms with Gasteiger partial charge in [-0.05, 0) is 24.3 Å². The van der Waals surface area contributed by atoms with Crippen LogP contribution in [0.3, 0.4) is 0 Å². The second-order valence-corrected chi connectivity index (χ2v) is 5.20. The highest BCUT2D eigenvalue weighted by atomic mass is 16.3. The molecule has 0 radical (unpaired) electrons. The van der Waals surface area contributed by atoms with Gasteiger partial charge in [0.2, 0.25) is 0 Å². The van der Waals surface area contributed by atoms with Crippen molar-refractivity contribution in [1.29, 1.82) is 0 Å². The maximum atomic E-state index is 10.1. The van der Waals surface area contributed by atoms with Crippen molar-refractivity contribution in [1.82, 2.24) is 5.32 Å². The van der Waals surface area contributed by atoms with E-state index < -0.39 is 0 Å². The predicted octanol–water partition coefficient (Wildman–Crippen LogP) is 2.89. The summed E-state index contributed by atoms with van der Waals surface area (Å²) in [6, 6.07) is 10.5. The van der Waals surface area contributed by atoms with E-state index in [1.165, 1.54) is 25.7 Å². The molecule has 0 aromatic heterocycles. The molecule has 17 heavy (non-hydrogen) atoms. The number of nitrogens with one attached hydrogen (secondary N) is 1. The fourth-order valence-electron chi connectivity index (χ4n) is 2.68. The molecule has 3 atom stereocenters. The fraction of sp³-hybridized carbons (Fsp3) is 0.600. The summed E-state index contributed by atoms with van der Waals surface area (Å²) >= 11 is 0. The molecule has 0 bridgehead atoms. The summed E-state index contributed by atoms with van der Waals surface area (Å²) in [7, 11) is 0. The molecule has 1 saturated carbocycles. The van der Waals surface area contributed by atoms with Crippen LogP contribution in [-0.2, 0) is 0 Å². The molecule has 2 rings (SSSR count). The molecule has 1 aliphatic rings. The van der Waals surface area contributed by atoms with E-state index in [1.807, 2.05) is 30.3 Å². The topological polar surface area (TPSA) is 32.3 Å². The number of rotatable bonds is 4. The summed E-state index contributed by atoms with van der Waals surface area (Å²) in [6.07, 6.45) is 4.87. The van der Waals surface area contributed by atoms with E-state index in [9.17, 15) is 5.11 Å². The van der Waals surface area contributed by atoms with Gasteiger partial charge in [0, 0.05) is 12.6 Å². The Bertz CT molecular complexity index is 325. The molecule has 2 nitrogen and oxygen atoms in total. The van der Waals surface area contributed by atoms with Gasteiger partial charge in [0.1, 0.15) is 0 Å². The summed E-state index contributed by atoms with van der Waals surface area (Å²) in [5.41, 5.74) is 1.00. The van der Waals surface area contributed by atoms with Crippen molar-refractivity contribution in [3.05, 3.63) is 35.9 Å². The van der Waals surface area contributed by atoms with Gasteiger partial charge in [-0.2, -0.15) is 0 Å². The first-order chi connectivity index (χ1) is 8.27. The summed E-state index contributed by atoms with van der Waals surface area (Å²) in [6.45, 7) is 2.98. The van der Waals surface area contributed by atoms with E-state index >= 15 is 0 Å². The molecule has 0 unspecified atom stereocenters. The maximum absolute atomic E-state index is 10.1. The lowest BCUT2D eigenvalue weighted by atomic mass is 9.86. The van der Waals surface area contributed by atoms with Gasteiger partial charge in [0.25, 0.3) is 0 Å². The third-order valence-electron chi connectivity index (χ3n) is 3.87. The first-order valence-electron chi connectivity index (χ1n) is 6.74. The third kappa shape index (κ3) is 3.55. The number of hydrogen-bond donors (Lipinski definition) is 2. The number of benzene rings is 1. The van der Waals surface area contributed by atoms with Crippen molar-refractivity contribution in [3.8, 4) is 0 Å². The number of aliphatic hydroxyl groups excluding tert-OH is 1. The van der Waals surface area contributed by atoms with Crippen molar-refractivity contribution in [2.24, 2.45) is 5.92 Å². The van der Waals surface area contributed by atoms with Crippen LogP contribution in [0.1, 0.15) is 44.3 Å². The van der Waals surface area contributed by atoms with Gasteiger partial charge in [-0.15, -0.1) is 0 Å². The van der Waals surface area contributed by atoms with Crippen molar-refractivity contribution in [2.45, 2.75) is 44.8 Å². The Kier molecular flexibility index (Phi) is 4.57. The van der Waals surface area contributed by atoms with Crippen molar-refractivity contribution < 1.29 is 5.11 Å². The van der Waals surface area contributed by atoms with Gasteiger partial charge in [0.05, 0.1) is 6.10 Å². The minimum atomic E-state index is -0.384. The van der Waals surface area contributed by atoms with Crippen LogP contribution in [0.25, 0.3) is 0 Å².